The van der Waals surface area contributed by atoms with Gasteiger partial charge >= 0.3 is 0 Å². The fraction of sp³-hybridized carbons (Fsp3) is 0.0556. The van der Waals surface area contributed by atoms with Crippen molar-refractivity contribution in [3.8, 4) is 0 Å². The molecule has 1 heterocycles. The van der Waals surface area contributed by atoms with Crippen LogP contribution in [0.3, 0.4) is 0 Å². The lowest BCUT2D eigenvalue weighted by atomic mass is 10.2. The zero-order valence-corrected chi connectivity index (χ0v) is 12.3. The zero-order valence-electron chi connectivity index (χ0n) is 12.3. The number of benzene rings is 2. The first-order chi connectivity index (χ1) is 11.2. The van der Waals surface area contributed by atoms with Crippen LogP contribution in [-0.2, 0) is 6.54 Å². The van der Waals surface area contributed by atoms with Crippen LogP contribution in [0.5, 0.6) is 0 Å². The van der Waals surface area contributed by atoms with Crippen LogP contribution in [0.4, 0.5) is 15.8 Å². The molecule has 0 spiro atoms. The van der Waals surface area contributed by atoms with Gasteiger partial charge in [0.2, 0.25) is 0 Å². The molecule has 0 aliphatic carbocycles. The molecule has 3 rings (SSSR count). The third kappa shape index (κ3) is 3.97. The summed E-state index contributed by atoms with van der Waals surface area (Å²) in [6.07, 6.45) is 1.46. The van der Waals surface area contributed by atoms with Crippen LogP contribution >= 0.6 is 0 Å². The lowest BCUT2D eigenvalue weighted by molar-refractivity contribution is 0.0996. The summed E-state index contributed by atoms with van der Waals surface area (Å²) in [5.41, 5.74) is 2.57. The molecule has 116 valence electrons. The number of halogens is 1. The summed E-state index contributed by atoms with van der Waals surface area (Å²) in [4.78, 5) is 11.8. The predicted octanol–water partition coefficient (Wildman–Crippen LogP) is 4.28. The number of anilines is 2. The van der Waals surface area contributed by atoms with Crippen LogP contribution < -0.4 is 10.6 Å². The van der Waals surface area contributed by atoms with Crippen molar-refractivity contribution in [2.45, 2.75) is 6.54 Å². The van der Waals surface area contributed by atoms with Crippen molar-refractivity contribution in [1.82, 2.24) is 0 Å². The fourth-order valence-electron chi connectivity index (χ4n) is 2.08. The first kappa shape index (κ1) is 14.8. The third-order valence-corrected chi connectivity index (χ3v) is 3.30. The highest BCUT2D eigenvalue weighted by Crippen LogP contribution is 2.16. The van der Waals surface area contributed by atoms with Gasteiger partial charge in [-0.2, -0.15) is 0 Å². The van der Waals surface area contributed by atoms with E-state index in [0.29, 0.717) is 12.2 Å². The number of carbonyl (C=O) groups is 1. The van der Waals surface area contributed by atoms with E-state index in [1.54, 1.807) is 36.4 Å². The summed E-state index contributed by atoms with van der Waals surface area (Å²) in [6, 6.07) is 16.9. The molecule has 5 heteroatoms. The largest absolute Gasteiger partial charge is 0.459 e. The van der Waals surface area contributed by atoms with E-state index in [1.165, 1.54) is 18.4 Å². The van der Waals surface area contributed by atoms with E-state index in [0.717, 1.165) is 11.3 Å². The zero-order chi connectivity index (χ0) is 16.1. The molecule has 0 atom stereocenters. The first-order valence-corrected chi connectivity index (χ1v) is 7.14. The molecular formula is C18H15FN2O2. The Morgan fingerprint density at radius 1 is 0.957 bits per heavy atom. The van der Waals surface area contributed by atoms with Crippen LogP contribution in [0.1, 0.15) is 16.1 Å². The number of amides is 1. The Hall–Kier alpha value is -3.08. The SMILES string of the molecule is O=C(Nc1ccc(NCc2ccc(F)cc2)cc1)c1ccco1. The van der Waals surface area contributed by atoms with Gasteiger partial charge < -0.3 is 15.1 Å². The summed E-state index contributed by atoms with van der Waals surface area (Å²) < 4.78 is 17.9. The van der Waals surface area contributed by atoms with E-state index < -0.39 is 0 Å². The van der Waals surface area contributed by atoms with Gasteiger partial charge in [-0.05, 0) is 54.1 Å². The van der Waals surface area contributed by atoms with Gasteiger partial charge in [0.15, 0.2) is 5.76 Å². The smallest absolute Gasteiger partial charge is 0.291 e. The number of hydrogen-bond donors (Lipinski definition) is 2. The summed E-state index contributed by atoms with van der Waals surface area (Å²) in [7, 11) is 0. The molecule has 3 aromatic rings. The van der Waals surface area contributed by atoms with Crippen LogP contribution in [0.25, 0.3) is 0 Å². The van der Waals surface area contributed by atoms with E-state index >= 15 is 0 Å². The van der Waals surface area contributed by atoms with Gasteiger partial charge in [-0.1, -0.05) is 12.1 Å². The van der Waals surface area contributed by atoms with Crippen molar-refractivity contribution in [3.63, 3.8) is 0 Å². The molecule has 0 fully saturated rings. The number of rotatable bonds is 5. The lowest BCUT2D eigenvalue weighted by Crippen LogP contribution is -2.10. The van der Waals surface area contributed by atoms with Gasteiger partial charge in [-0.25, -0.2) is 4.39 Å². The van der Waals surface area contributed by atoms with Gasteiger partial charge in [0, 0.05) is 17.9 Å². The molecule has 0 unspecified atom stereocenters. The van der Waals surface area contributed by atoms with E-state index in [4.69, 9.17) is 4.42 Å². The molecule has 0 saturated carbocycles. The molecule has 4 nitrogen and oxygen atoms in total. The molecule has 0 aliphatic heterocycles. The molecule has 0 radical (unpaired) electrons. The first-order valence-electron chi connectivity index (χ1n) is 7.14. The Morgan fingerprint density at radius 2 is 1.65 bits per heavy atom. The quantitative estimate of drug-likeness (QED) is 0.739. The Labute approximate surface area is 132 Å². The van der Waals surface area contributed by atoms with Gasteiger partial charge in [-0.15, -0.1) is 0 Å². The molecule has 0 bridgehead atoms. The predicted molar refractivity (Wildman–Crippen MR) is 86.8 cm³/mol. The number of nitrogens with one attached hydrogen (secondary N) is 2. The maximum Gasteiger partial charge on any atom is 0.291 e. The average Bonchev–Trinajstić information content (AvgIpc) is 3.10. The summed E-state index contributed by atoms with van der Waals surface area (Å²) in [5.74, 6) is -0.268. The second-order valence-electron chi connectivity index (χ2n) is 4.99. The van der Waals surface area contributed by atoms with Crippen molar-refractivity contribution in [3.05, 3.63) is 84.1 Å². The van der Waals surface area contributed by atoms with Crippen LogP contribution in [0.2, 0.25) is 0 Å². The highest BCUT2D eigenvalue weighted by atomic mass is 19.1. The number of carbonyl (C=O) groups excluding carboxylic acids is 1. The molecule has 1 amide bonds. The second kappa shape index (κ2) is 6.79. The average molecular weight is 310 g/mol. The second-order valence-corrected chi connectivity index (χ2v) is 4.99. The Kier molecular flexibility index (Phi) is 4.38. The van der Waals surface area contributed by atoms with E-state index in [1.807, 2.05) is 12.1 Å². The number of furan rings is 1. The summed E-state index contributed by atoms with van der Waals surface area (Å²) >= 11 is 0. The summed E-state index contributed by atoms with van der Waals surface area (Å²) in [5, 5.41) is 5.98. The van der Waals surface area contributed by atoms with E-state index in [2.05, 4.69) is 10.6 Å². The summed E-state index contributed by atoms with van der Waals surface area (Å²) in [6.45, 7) is 0.596. The fourth-order valence-corrected chi connectivity index (χ4v) is 2.08. The normalized spacial score (nSPS) is 10.3. The van der Waals surface area contributed by atoms with Crippen LogP contribution in [0, 0.1) is 5.82 Å². The van der Waals surface area contributed by atoms with Gasteiger partial charge in [0.05, 0.1) is 6.26 Å². The minimum Gasteiger partial charge on any atom is -0.459 e. The Bertz CT molecular complexity index is 766. The van der Waals surface area contributed by atoms with Crippen molar-refractivity contribution in [2.75, 3.05) is 10.6 Å². The Balaban J connectivity index is 1.56. The lowest BCUT2D eigenvalue weighted by Gasteiger charge is -2.08. The van der Waals surface area contributed by atoms with Crippen LogP contribution in [0.15, 0.2) is 71.3 Å². The monoisotopic (exact) mass is 310 g/mol. The molecule has 0 aliphatic rings. The maximum atomic E-state index is 12.8. The Morgan fingerprint density at radius 3 is 2.30 bits per heavy atom. The third-order valence-electron chi connectivity index (χ3n) is 3.30. The number of hydrogen-bond acceptors (Lipinski definition) is 3. The highest BCUT2D eigenvalue weighted by molar-refractivity contribution is 6.02. The van der Waals surface area contributed by atoms with Gasteiger partial charge in [-0.3, -0.25) is 4.79 Å². The minimum atomic E-state index is -0.290. The maximum absolute atomic E-state index is 12.8. The molecule has 2 N–H and O–H groups in total. The highest BCUT2D eigenvalue weighted by Gasteiger charge is 2.08. The van der Waals surface area contributed by atoms with E-state index in [9.17, 15) is 9.18 Å². The van der Waals surface area contributed by atoms with Crippen molar-refractivity contribution >= 4 is 17.3 Å². The van der Waals surface area contributed by atoms with Crippen molar-refractivity contribution in [1.29, 1.82) is 0 Å². The molecule has 1 aromatic heterocycles. The standard InChI is InChI=1S/C18H15FN2O2/c19-14-5-3-13(4-6-14)12-20-15-7-9-16(10-8-15)21-18(22)17-2-1-11-23-17/h1-11,20H,12H2,(H,21,22). The van der Waals surface area contributed by atoms with E-state index in [-0.39, 0.29) is 17.5 Å². The van der Waals surface area contributed by atoms with Crippen LogP contribution in [-0.4, -0.2) is 5.91 Å². The molecular weight excluding hydrogens is 295 g/mol. The molecule has 23 heavy (non-hydrogen) atoms. The molecule has 0 saturated heterocycles. The topological polar surface area (TPSA) is 54.3 Å². The van der Waals surface area contributed by atoms with Gasteiger partial charge in [0.1, 0.15) is 5.82 Å². The van der Waals surface area contributed by atoms with Crippen molar-refractivity contribution in [2.24, 2.45) is 0 Å². The van der Waals surface area contributed by atoms with Gasteiger partial charge in [0.25, 0.3) is 5.91 Å². The van der Waals surface area contributed by atoms with Crippen molar-refractivity contribution < 1.29 is 13.6 Å². The minimum absolute atomic E-state index is 0.245. The molecule has 2 aromatic carbocycles.